The lowest BCUT2D eigenvalue weighted by Crippen LogP contribution is -2.27. The molecule has 0 radical (unpaired) electrons. The molecule has 0 saturated carbocycles. The molecule has 0 saturated heterocycles. The van der Waals surface area contributed by atoms with Crippen LogP contribution >= 0.6 is 11.6 Å². The Kier molecular flexibility index (Phi) is 5.84. The molecular formula is C20H15ClF3N3O3. The number of methoxy groups -OCH3 is 1. The minimum absolute atomic E-state index is 0.133. The molecular weight excluding hydrogens is 423 g/mol. The van der Waals surface area contributed by atoms with Crippen LogP contribution in [0.15, 0.2) is 53.3 Å². The van der Waals surface area contributed by atoms with E-state index < -0.39 is 28.8 Å². The van der Waals surface area contributed by atoms with Gasteiger partial charge in [-0.05, 0) is 37.3 Å². The van der Waals surface area contributed by atoms with Crippen molar-refractivity contribution in [2.75, 3.05) is 12.4 Å². The molecule has 0 fully saturated rings. The van der Waals surface area contributed by atoms with Gasteiger partial charge in [-0.3, -0.25) is 9.59 Å². The second-order valence-electron chi connectivity index (χ2n) is 6.22. The van der Waals surface area contributed by atoms with Gasteiger partial charge in [-0.25, -0.2) is 4.68 Å². The maximum Gasteiger partial charge on any atom is 0.418 e. The SMILES string of the molecule is COc1ccc(Cl)cc1NC(=O)c1nn(-c2ccccc2C(F)(F)F)c(C)cc1=O. The molecule has 0 spiro atoms. The van der Waals surface area contributed by atoms with E-state index in [1.54, 1.807) is 6.07 Å². The third-order valence-electron chi connectivity index (χ3n) is 4.17. The van der Waals surface area contributed by atoms with E-state index in [-0.39, 0.29) is 22.8 Å². The topological polar surface area (TPSA) is 73.2 Å². The highest BCUT2D eigenvalue weighted by atomic mass is 35.5. The van der Waals surface area contributed by atoms with Crippen LogP contribution < -0.4 is 15.5 Å². The van der Waals surface area contributed by atoms with Gasteiger partial charge in [0.1, 0.15) is 5.75 Å². The van der Waals surface area contributed by atoms with Crippen LogP contribution in [0.5, 0.6) is 5.75 Å². The number of carbonyl (C=O) groups is 1. The van der Waals surface area contributed by atoms with Crippen molar-refractivity contribution in [3.05, 3.63) is 80.7 Å². The summed E-state index contributed by atoms with van der Waals surface area (Å²) < 4.78 is 46.3. The molecule has 0 aliphatic carbocycles. The first-order valence-corrected chi connectivity index (χ1v) is 8.92. The van der Waals surface area contributed by atoms with E-state index in [1.165, 1.54) is 44.4 Å². The zero-order valence-corrected chi connectivity index (χ0v) is 16.5. The Morgan fingerprint density at radius 2 is 1.87 bits per heavy atom. The number of ether oxygens (including phenoxy) is 1. The molecule has 3 rings (SSSR count). The highest BCUT2D eigenvalue weighted by Gasteiger charge is 2.34. The number of rotatable bonds is 4. The number of amides is 1. The lowest BCUT2D eigenvalue weighted by Gasteiger charge is -2.17. The number of para-hydroxylation sites is 1. The maximum absolute atomic E-state index is 13.4. The van der Waals surface area contributed by atoms with Gasteiger partial charge in [0.15, 0.2) is 5.69 Å². The van der Waals surface area contributed by atoms with Gasteiger partial charge in [-0.2, -0.15) is 18.3 Å². The third kappa shape index (κ3) is 4.30. The van der Waals surface area contributed by atoms with Crippen molar-refractivity contribution in [1.82, 2.24) is 9.78 Å². The van der Waals surface area contributed by atoms with E-state index in [9.17, 15) is 22.8 Å². The van der Waals surface area contributed by atoms with Gasteiger partial charge >= 0.3 is 6.18 Å². The number of hydrogen-bond donors (Lipinski definition) is 1. The fourth-order valence-electron chi connectivity index (χ4n) is 2.81. The molecule has 10 heteroatoms. The first-order valence-electron chi connectivity index (χ1n) is 8.54. The van der Waals surface area contributed by atoms with Crippen LogP contribution in [0, 0.1) is 6.92 Å². The second-order valence-corrected chi connectivity index (χ2v) is 6.66. The minimum Gasteiger partial charge on any atom is -0.495 e. The molecule has 1 aromatic heterocycles. The molecule has 1 heterocycles. The average molecular weight is 438 g/mol. The maximum atomic E-state index is 13.4. The van der Waals surface area contributed by atoms with Crippen molar-refractivity contribution in [3.63, 3.8) is 0 Å². The van der Waals surface area contributed by atoms with E-state index in [4.69, 9.17) is 16.3 Å². The Labute approximate surface area is 173 Å². The lowest BCUT2D eigenvalue weighted by atomic mass is 10.1. The quantitative estimate of drug-likeness (QED) is 0.653. The summed E-state index contributed by atoms with van der Waals surface area (Å²) in [5, 5.41) is 6.67. The van der Waals surface area contributed by atoms with Gasteiger partial charge < -0.3 is 10.1 Å². The van der Waals surface area contributed by atoms with Gasteiger partial charge in [0.2, 0.25) is 5.43 Å². The number of carbonyl (C=O) groups excluding carboxylic acids is 1. The van der Waals surface area contributed by atoms with Crippen molar-refractivity contribution >= 4 is 23.2 Å². The zero-order chi connectivity index (χ0) is 22.1. The molecule has 0 aliphatic rings. The first-order chi connectivity index (χ1) is 14.1. The van der Waals surface area contributed by atoms with Gasteiger partial charge in [-0.1, -0.05) is 23.7 Å². The van der Waals surface area contributed by atoms with Crippen LogP contribution in [-0.2, 0) is 6.18 Å². The van der Waals surface area contributed by atoms with Crippen molar-refractivity contribution < 1.29 is 22.7 Å². The lowest BCUT2D eigenvalue weighted by molar-refractivity contribution is -0.137. The number of nitrogens with zero attached hydrogens (tertiary/aromatic N) is 2. The highest BCUT2D eigenvalue weighted by Crippen LogP contribution is 2.33. The summed E-state index contributed by atoms with van der Waals surface area (Å²) in [5.41, 5.74) is -2.28. The number of aromatic nitrogens is 2. The predicted molar refractivity (Wildman–Crippen MR) is 106 cm³/mol. The summed E-state index contributed by atoms with van der Waals surface area (Å²) in [6.45, 7) is 1.42. The average Bonchev–Trinajstić information content (AvgIpc) is 2.67. The zero-order valence-electron chi connectivity index (χ0n) is 15.7. The van der Waals surface area contributed by atoms with Crippen molar-refractivity contribution in [2.24, 2.45) is 0 Å². The molecule has 0 bridgehead atoms. The second kappa shape index (κ2) is 8.19. The summed E-state index contributed by atoms with van der Waals surface area (Å²) >= 11 is 5.93. The molecule has 0 unspecified atom stereocenters. The summed E-state index contributed by atoms with van der Waals surface area (Å²) in [7, 11) is 1.38. The summed E-state index contributed by atoms with van der Waals surface area (Å²) in [4.78, 5) is 25.0. The van der Waals surface area contributed by atoms with E-state index in [2.05, 4.69) is 10.4 Å². The monoisotopic (exact) mass is 437 g/mol. The van der Waals surface area contributed by atoms with Gasteiger partial charge in [-0.15, -0.1) is 0 Å². The van der Waals surface area contributed by atoms with Gasteiger partial charge in [0, 0.05) is 16.8 Å². The summed E-state index contributed by atoms with van der Waals surface area (Å²) in [6.07, 6.45) is -4.65. The van der Waals surface area contributed by atoms with Crippen molar-refractivity contribution in [1.29, 1.82) is 0 Å². The van der Waals surface area contributed by atoms with Crippen molar-refractivity contribution in [3.8, 4) is 11.4 Å². The standard InChI is InChI=1S/C20H15ClF3N3O3/c1-11-9-16(28)18(19(29)25-14-10-12(21)7-8-17(14)30-2)26-27(11)15-6-4-3-5-13(15)20(22,23)24/h3-10H,1-2H3,(H,25,29). The van der Waals surface area contributed by atoms with Crippen LogP contribution in [0.4, 0.5) is 18.9 Å². The van der Waals surface area contributed by atoms with E-state index in [1.807, 2.05) is 0 Å². The van der Waals surface area contributed by atoms with Crippen LogP contribution in [0.1, 0.15) is 21.7 Å². The number of aryl methyl sites for hydroxylation is 1. The molecule has 1 amide bonds. The molecule has 0 atom stereocenters. The Bertz CT molecular complexity index is 1180. The van der Waals surface area contributed by atoms with E-state index in [0.29, 0.717) is 5.02 Å². The fourth-order valence-corrected chi connectivity index (χ4v) is 2.98. The summed E-state index contributed by atoms with van der Waals surface area (Å²) in [6, 6.07) is 10.2. The Hall–Kier alpha value is -3.33. The first kappa shape index (κ1) is 21.4. The van der Waals surface area contributed by atoms with Crippen LogP contribution in [0.3, 0.4) is 0 Å². The largest absolute Gasteiger partial charge is 0.495 e. The van der Waals surface area contributed by atoms with Crippen LogP contribution in [-0.4, -0.2) is 22.8 Å². The number of alkyl halides is 3. The number of hydrogen-bond acceptors (Lipinski definition) is 4. The molecule has 30 heavy (non-hydrogen) atoms. The molecule has 2 aromatic carbocycles. The number of nitrogens with one attached hydrogen (secondary N) is 1. The Balaban J connectivity index is 2.09. The summed E-state index contributed by atoms with van der Waals surface area (Å²) in [5.74, 6) is -0.638. The van der Waals surface area contributed by atoms with E-state index >= 15 is 0 Å². The normalized spacial score (nSPS) is 11.3. The Morgan fingerprint density at radius 3 is 2.53 bits per heavy atom. The smallest absolute Gasteiger partial charge is 0.418 e. The molecule has 156 valence electrons. The molecule has 0 aliphatic heterocycles. The molecule has 1 N–H and O–H groups in total. The number of benzene rings is 2. The molecule has 3 aromatic rings. The number of halogens is 4. The predicted octanol–water partition coefficient (Wildman–Crippen LogP) is 4.47. The number of anilines is 1. The minimum atomic E-state index is -4.65. The fraction of sp³-hybridized carbons (Fsp3) is 0.150. The highest BCUT2D eigenvalue weighted by molar-refractivity contribution is 6.31. The van der Waals surface area contributed by atoms with Gasteiger partial charge in [0.05, 0.1) is 24.0 Å². The molecule has 6 nitrogen and oxygen atoms in total. The van der Waals surface area contributed by atoms with Crippen LogP contribution in [0.2, 0.25) is 5.02 Å². The van der Waals surface area contributed by atoms with E-state index in [0.717, 1.165) is 16.8 Å². The van der Waals surface area contributed by atoms with Crippen molar-refractivity contribution in [2.45, 2.75) is 13.1 Å². The van der Waals surface area contributed by atoms with Crippen LogP contribution in [0.25, 0.3) is 5.69 Å². The third-order valence-corrected chi connectivity index (χ3v) is 4.40. The van der Waals surface area contributed by atoms with Gasteiger partial charge in [0.25, 0.3) is 5.91 Å². The Morgan fingerprint density at radius 1 is 1.17 bits per heavy atom.